The predicted octanol–water partition coefficient (Wildman–Crippen LogP) is 1.67. The van der Waals surface area contributed by atoms with Crippen molar-refractivity contribution >= 4 is 21.7 Å². The van der Waals surface area contributed by atoms with Crippen molar-refractivity contribution in [3.63, 3.8) is 0 Å². The van der Waals surface area contributed by atoms with Crippen LogP contribution in [0.25, 0.3) is 0 Å². The van der Waals surface area contributed by atoms with Crippen LogP contribution >= 0.6 is 0 Å². The van der Waals surface area contributed by atoms with Gasteiger partial charge in [0.05, 0.1) is 7.11 Å². The van der Waals surface area contributed by atoms with Crippen LogP contribution in [0, 0.1) is 6.92 Å². The molecule has 0 bridgehead atoms. The van der Waals surface area contributed by atoms with E-state index in [1.165, 1.54) is 10.5 Å². The fourth-order valence-corrected chi connectivity index (χ4v) is 4.49. The first-order valence-electron chi connectivity index (χ1n) is 9.01. The first kappa shape index (κ1) is 20.2. The Morgan fingerprint density at radius 1 is 1.14 bits per heavy atom. The SMILES string of the molecule is COc1ccc(NC(=O)N2CCCN(S(=O)(=O)c3cn(C)c(C)n3)CC2)cc1. The lowest BCUT2D eigenvalue weighted by Crippen LogP contribution is -2.39. The summed E-state index contributed by atoms with van der Waals surface area (Å²) in [5.41, 5.74) is 0.656. The number of rotatable bonds is 4. The number of carbonyl (C=O) groups excluding carboxylic acids is 1. The lowest BCUT2D eigenvalue weighted by molar-refractivity contribution is 0.214. The van der Waals surface area contributed by atoms with Gasteiger partial charge < -0.3 is 19.5 Å². The Kier molecular flexibility index (Phi) is 5.90. The van der Waals surface area contributed by atoms with E-state index in [1.807, 2.05) is 0 Å². The molecule has 1 aromatic heterocycles. The Labute approximate surface area is 165 Å². The molecule has 10 heteroatoms. The summed E-state index contributed by atoms with van der Waals surface area (Å²) in [4.78, 5) is 18.3. The summed E-state index contributed by atoms with van der Waals surface area (Å²) < 4.78 is 33.9. The van der Waals surface area contributed by atoms with Crippen molar-refractivity contribution in [1.29, 1.82) is 0 Å². The summed E-state index contributed by atoms with van der Waals surface area (Å²) in [6, 6.07) is 6.80. The Hall–Kier alpha value is -2.59. The van der Waals surface area contributed by atoms with Gasteiger partial charge in [-0.3, -0.25) is 0 Å². The van der Waals surface area contributed by atoms with Gasteiger partial charge in [-0.25, -0.2) is 18.2 Å². The third kappa shape index (κ3) is 4.28. The van der Waals surface area contributed by atoms with E-state index in [2.05, 4.69) is 10.3 Å². The van der Waals surface area contributed by atoms with Gasteiger partial charge >= 0.3 is 6.03 Å². The minimum Gasteiger partial charge on any atom is -0.497 e. The van der Waals surface area contributed by atoms with Crippen molar-refractivity contribution in [2.75, 3.05) is 38.6 Å². The smallest absolute Gasteiger partial charge is 0.321 e. The molecule has 2 heterocycles. The molecule has 2 aromatic rings. The predicted molar refractivity (Wildman–Crippen MR) is 105 cm³/mol. The number of carbonyl (C=O) groups is 1. The summed E-state index contributed by atoms with van der Waals surface area (Å²) in [5.74, 6) is 1.34. The second kappa shape index (κ2) is 8.19. The fraction of sp³-hybridized carbons (Fsp3) is 0.444. The average Bonchev–Trinajstić information content (AvgIpc) is 2.88. The van der Waals surface area contributed by atoms with E-state index in [0.29, 0.717) is 43.3 Å². The summed E-state index contributed by atoms with van der Waals surface area (Å²) in [5, 5.41) is 2.88. The number of aromatic nitrogens is 2. The van der Waals surface area contributed by atoms with Gasteiger partial charge in [-0.2, -0.15) is 4.31 Å². The van der Waals surface area contributed by atoms with E-state index in [9.17, 15) is 13.2 Å². The summed E-state index contributed by atoms with van der Waals surface area (Å²) in [7, 11) is -0.334. The molecule has 0 saturated carbocycles. The second-order valence-corrected chi connectivity index (χ2v) is 8.53. The third-order valence-corrected chi connectivity index (χ3v) is 6.54. The number of benzene rings is 1. The van der Waals surface area contributed by atoms with Crippen molar-refractivity contribution in [2.24, 2.45) is 7.05 Å². The highest BCUT2D eigenvalue weighted by Gasteiger charge is 2.30. The molecule has 9 nitrogen and oxygen atoms in total. The van der Waals surface area contributed by atoms with E-state index < -0.39 is 10.0 Å². The van der Waals surface area contributed by atoms with Crippen LogP contribution in [-0.2, 0) is 17.1 Å². The number of nitrogens with zero attached hydrogens (tertiary/aromatic N) is 4. The molecule has 1 saturated heterocycles. The Morgan fingerprint density at radius 2 is 1.86 bits per heavy atom. The summed E-state index contributed by atoms with van der Waals surface area (Å²) >= 11 is 0. The minimum atomic E-state index is -3.67. The van der Waals surface area contributed by atoms with Crippen LogP contribution in [0.15, 0.2) is 35.5 Å². The number of sulfonamides is 1. The van der Waals surface area contributed by atoms with Gasteiger partial charge in [-0.05, 0) is 37.6 Å². The summed E-state index contributed by atoms with van der Waals surface area (Å²) in [6.07, 6.45) is 2.07. The molecule has 2 amide bonds. The van der Waals surface area contributed by atoms with Crippen LogP contribution in [0.4, 0.5) is 10.5 Å². The number of nitrogens with one attached hydrogen (secondary N) is 1. The molecule has 0 spiro atoms. The lowest BCUT2D eigenvalue weighted by Gasteiger charge is -2.22. The highest BCUT2D eigenvalue weighted by Crippen LogP contribution is 2.19. The number of aryl methyl sites for hydroxylation is 2. The second-order valence-electron chi connectivity index (χ2n) is 6.64. The molecule has 1 aromatic carbocycles. The highest BCUT2D eigenvalue weighted by molar-refractivity contribution is 7.89. The monoisotopic (exact) mass is 407 g/mol. The van der Waals surface area contributed by atoms with Crippen LogP contribution < -0.4 is 10.1 Å². The molecule has 0 atom stereocenters. The number of methoxy groups -OCH3 is 1. The zero-order chi connectivity index (χ0) is 20.3. The maximum absolute atomic E-state index is 12.9. The Morgan fingerprint density at radius 3 is 2.46 bits per heavy atom. The van der Waals surface area contributed by atoms with Crippen LogP contribution in [0.3, 0.4) is 0 Å². The Balaban J connectivity index is 1.64. The van der Waals surface area contributed by atoms with Crippen LogP contribution in [0.1, 0.15) is 12.2 Å². The molecule has 152 valence electrons. The molecule has 1 aliphatic heterocycles. The molecular formula is C18H25N5O4S. The van der Waals surface area contributed by atoms with Gasteiger partial charge in [0, 0.05) is 45.1 Å². The van der Waals surface area contributed by atoms with E-state index in [0.717, 1.165) is 0 Å². The molecule has 1 N–H and O–H groups in total. The quantitative estimate of drug-likeness (QED) is 0.832. The molecule has 1 aliphatic rings. The largest absolute Gasteiger partial charge is 0.497 e. The number of hydrogen-bond acceptors (Lipinski definition) is 5. The topological polar surface area (TPSA) is 96.8 Å². The van der Waals surface area contributed by atoms with Gasteiger partial charge in [-0.15, -0.1) is 0 Å². The molecule has 3 rings (SSSR count). The van der Waals surface area contributed by atoms with Gasteiger partial charge in [0.15, 0.2) is 5.03 Å². The van der Waals surface area contributed by atoms with Crippen molar-refractivity contribution in [1.82, 2.24) is 18.8 Å². The molecule has 28 heavy (non-hydrogen) atoms. The van der Waals surface area contributed by atoms with E-state index in [4.69, 9.17) is 4.74 Å². The van der Waals surface area contributed by atoms with Crippen LogP contribution in [0.5, 0.6) is 5.75 Å². The number of anilines is 1. The number of hydrogen-bond donors (Lipinski definition) is 1. The normalized spacial score (nSPS) is 15.9. The zero-order valence-corrected chi connectivity index (χ0v) is 17.1. The maximum atomic E-state index is 12.9. The maximum Gasteiger partial charge on any atom is 0.321 e. The first-order chi connectivity index (χ1) is 13.3. The zero-order valence-electron chi connectivity index (χ0n) is 16.3. The molecular weight excluding hydrogens is 382 g/mol. The van der Waals surface area contributed by atoms with Crippen molar-refractivity contribution in [3.8, 4) is 5.75 Å². The van der Waals surface area contributed by atoms with E-state index in [-0.39, 0.29) is 17.6 Å². The van der Waals surface area contributed by atoms with Gasteiger partial charge in [0.2, 0.25) is 0 Å². The highest BCUT2D eigenvalue weighted by atomic mass is 32.2. The van der Waals surface area contributed by atoms with Crippen LogP contribution in [-0.4, -0.2) is 66.5 Å². The molecule has 0 aliphatic carbocycles. The standard InChI is InChI=1S/C18H25N5O4S/c1-14-19-17(13-21(14)2)28(25,26)23-10-4-9-22(11-12-23)18(24)20-15-5-7-16(27-3)8-6-15/h5-8,13H,4,9-12H2,1-3H3,(H,20,24). The number of imidazole rings is 1. The summed E-state index contributed by atoms with van der Waals surface area (Å²) in [6.45, 7) is 3.13. The van der Waals surface area contributed by atoms with E-state index in [1.54, 1.807) is 54.8 Å². The van der Waals surface area contributed by atoms with Gasteiger partial charge in [0.25, 0.3) is 10.0 Å². The number of amides is 2. The fourth-order valence-electron chi connectivity index (χ4n) is 3.00. The minimum absolute atomic E-state index is 0.0450. The van der Waals surface area contributed by atoms with Gasteiger partial charge in [-0.1, -0.05) is 0 Å². The Bertz CT molecular complexity index is 920. The first-order valence-corrected chi connectivity index (χ1v) is 10.5. The third-order valence-electron chi connectivity index (χ3n) is 4.77. The number of ether oxygens (including phenoxy) is 1. The number of urea groups is 1. The molecule has 0 unspecified atom stereocenters. The van der Waals surface area contributed by atoms with Crippen molar-refractivity contribution < 1.29 is 17.9 Å². The molecule has 0 radical (unpaired) electrons. The van der Waals surface area contributed by atoms with E-state index >= 15 is 0 Å². The van der Waals surface area contributed by atoms with Crippen LogP contribution in [0.2, 0.25) is 0 Å². The van der Waals surface area contributed by atoms with Gasteiger partial charge in [0.1, 0.15) is 11.6 Å². The van der Waals surface area contributed by atoms with Crippen molar-refractivity contribution in [3.05, 3.63) is 36.3 Å². The van der Waals surface area contributed by atoms with Crippen molar-refractivity contribution in [2.45, 2.75) is 18.4 Å². The average molecular weight is 407 g/mol. The lowest BCUT2D eigenvalue weighted by atomic mass is 10.3. The molecule has 1 fully saturated rings.